The molecule has 33 heavy (non-hydrogen) atoms. The van der Waals surface area contributed by atoms with E-state index in [0.29, 0.717) is 29.8 Å². The van der Waals surface area contributed by atoms with Crippen LogP contribution in [0.3, 0.4) is 0 Å². The maximum Gasteiger partial charge on any atom is 0.262 e. The molecule has 0 saturated carbocycles. The highest BCUT2D eigenvalue weighted by Gasteiger charge is 2.11. The second kappa shape index (κ2) is 10.3. The Labute approximate surface area is 191 Å². The number of carbonyl (C=O) groups is 1. The van der Waals surface area contributed by atoms with Gasteiger partial charge in [0.1, 0.15) is 17.2 Å². The van der Waals surface area contributed by atoms with Gasteiger partial charge in [0.2, 0.25) is 5.82 Å². The Hall–Kier alpha value is -4.33. The molecule has 0 bridgehead atoms. The Morgan fingerprint density at radius 3 is 2.12 bits per heavy atom. The molecule has 1 N–H and O–H groups in total. The summed E-state index contributed by atoms with van der Waals surface area (Å²) in [6.45, 7) is 2.39. The van der Waals surface area contributed by atoms with Crippen LogP contribution >= 0.6 is 0 Å². The van der Waals surface area contributed by atoms with Crippen molar-refractivity contribution in [1.82, 2.24) is 10.1 Å². The minimum atomic E-state index is -0.260. The van der Waals surface area contributed by atoms with E-state index in [4.69, 9.17) is 18.7 Å². The molecule has 1 aromatic heterocycles. The van der Waals surface area contributed by atoms with Crippen molar-refractivity contribution in [3.8, 4) is 40.1 Å². The molecule has 8 heteroatoms. The second-order valence-electron chi connectivity index (χ2n) is 6.97. The summed E-state index contributed by atoms with van der Waals surface area (Å²) in [5.41, 5.74) is 2.24. The number of methoxy groups -OCH3 is 1. The molecule has 3 aromatic carbocycles. The summed E-state index contributed by atoms with van der Waals surface area (Å²) in [6.07, 6.45) is 0. The van der Waals surface area contributed by atoms with E-state index in [1.807, 2.05) is 31.2 Å². The van der Waals surface area contributed by atoms with Crippen molar-refractivity contribution in [2.75, 3.05) is 25.6 Å². The van der Waals surface area contributed by atoms with Gasteiger partial charge in [0.05, 0.1) is 13.7 Å². The first-order valence-corrected chi connectivity index (χ1v) is 10.4. The Balaban J connectivity index is 1.32. The van der Waals surface area contributed by atoms with Crippen LogP contribution in [0, 0.1) is 0 Å². The molecule has 168 valence electrons. The fourth-order valence-corrected chi connectivity index (χ4v) is 3.04. The summed E-state index contributed by atoms with van der Waals surface area (Å²) in [6, 6.07) is 21.7. The zero-order valence-electron chi connectivity index (χ0n) is 18.3. The van der Waals surface area contributed by atoms with Crippen molar-refractivity contribution in [3.05, 3.63) is 72.8 Å². The Bertz CT molecular complexity index is 1190. The van der Waals surface area contributed by atoms with E-state index in [-0.39, 0.29) is 12.5 Å². The number of nitrogens with one attached hydrogen (secondary N) is 1. The second-order valence-corrected chi connectivity index (χ2v) is 6.97. The molecule has 4 rings (SSSR count). The minimum Gasteiger partial charge on any atom is -0.497 e. The number of rotatable bonds is 9. The van der Waals surface area contributed by atoms with Gasteiger partial charge in [0.15, 0.2) is 6.61 Å². The Morgan fingerprint density at radius 1 is 0.848 bits per heavy atom. The molecule has 1 heterocycles. The molecule has 0 aliphatic heterocycles. The fourth-order valence-electron chi connectivity index (χ4n) is 3.04. The van der Waals surface area contributed by atoms with Crippen molar-refractivity contribution >= 4 is 11.6 Å². The largest absolute Gasteiger partial charge is 0.497 e. The zero-order chi connectivity index (χ0) is 23.0. The monoisotopic (exact) mass is 445 g/mol. The van der Waals surface area contributed by atoms with E-state index in [2.05, 4.69) is 15.5 Å². The normalized spacial score (nSPS) is 10.5. The summed E-state index contributed by atoms with van der Waals surface area (Å²) in [4.78, 5) is 16.6. The van der Waals surface area contributed by atoms with E-state index in [9.17, 15) is 4.79 Å². The number of hydrogen-bond acceptors (Lipinski definition) is 7. The van der Waals surface area contributed by atoms with Gasteiger partial charge in [-0.05, 0) is 79.7 Å². The quantitative estimate of drug-likeness (QED) is 0.394. The van der Waals surface area contributed by atoms with Crippen molar-refractivity contribution in [1.29, 1.82) is 0 Å². The summed E-state index contributed by atoms with van der Waals surface area (Å²) >= 11 is 0. The van der Waals surface area contributed by atoms with Crippen molar-refractivity contribution in [3.63, 3.8) is 0 Å². The third-order valence-electron chi connectivity index (χ3n) is 4.69. The summed E-state index contributed by atoms with van der Waals surface area (Å²) < 4.78 is 21.5. The van der Waals surface area contributed by atoms with Gasteiger partial charge in [-0.25, -0.2) is 0 Å². The smallest absolute Gasteiger partial charge is 0.262 e. The topological polar surface area (TPSA) is 95.7 Å². The first-order valence-electron chi connectivity index (χ1n) is 10.4. The van der Waals surface area contributed by atoms with Crippen molar-refractivity contribution < 1.29 is 23.5 Å². The predicted molar refractivity (Wildman–Crippen MR) is 123 cm³/mol. The highest BCUT2D eigenvalue weighted by Crippen LogP contribution is 2.25. The van der Waals surface area contributed by atoms with E-state index in [1.54, 1.807) is 55.6 Å². The molecule has 0 aliphatic rings. The van der Waals surface area contributed by atoms with Gasteiger partial charge in [-0.1, -0.05) is 5.16 Å². The van der Waals surface area contributed by atoms with Gasteiger partial charge < -0.3 is 24.1 Å². The van der Waals surface area contributed by atoms with Gasteiger partial charge >= 0.3 is 0 Å². The van der Waals surface area contributed by atoms with E-state index in [0.717, 1.165) is 22.6 Å². The standard InChI is InChI=1S/C25H23N3O5/c1-3-31-21-14-8-19(9-15-21)26-23(29)16-32-22-12-6-18(7-13-22)25-27-24(28-33-25)17-4-10-20(30-2)11-5-17/h4-15H,3,16H2,1-2H3,(H,26,29). The molecule has 0 unspecified atom stereocenters. The van der Waals surface area contributed by atoms with Crippen LogP contribution in [0.1, 0.15) is 6.92 Å². The van der Waals surface area contributed by atoms with E-state index >= 15 is 0 Å². The summed E-state index contributed by atoms with van der Waals surface area (Å²) in [5.74, 6) is 2.68. The average molecular weight is 445 g/mol. The van der Waals surface area contributed by atoms with Gasteiger partial charge in [0, 0.05) is 16.8 Å². The van der Waals surface area contributed by atoms with Crippen LogP contribution in [-0.2, 0) is 4.79 Å². The summed E-state index contributed by atoms with van der Waals surface area (Å²) in [5, 5.41) is 6.82. The Morgan fingerprint density at radius 2 is 1.45 bits per heavy atom. The highest BCUT2D eigenvalue weighted by atomic mass is 16.5. The molecule has 0 aliphatic carbocycles. The SMILES string of the molecule is CCOc1ccc(NC(=O)COc2ccc(-c3nc(-c4ccc(OC)cc4)no3)cc2)cc1. The molecule has 0 atom stereocenters. The van der Waals surface area contributed by atoms with Crippen LogP contribution in [0.5, 0.6) is 17.2 Å². The average Bonchev–Trinajstić information content (AvgIpc) is 3.35. The van der Waals surface area contributed by atoms with Crippen LogP contribution in [0.25, 0.3) is 22.8 Å². The third kappa shape index (κ3) is 5.68. The first-order chi connectivity index (χ1) is 16.1. The predicted octanol–water partition coefficient (Wildman–Crippen LogP) is 4.83. The fraction of sp³-hybridized carbons (Fsp3) is 0.160. The molecular weight excluding hydrogens is 422 g/mol. The van der Waals surface area contributed by atoms with Crippen LogP contribution in [0.4, 0.5) is 5.69 Å². The van der Waals surface area contributed by atoms with Crippen molar-refractivity contribution in [2.24, 2.45) is 0 Å². The first kappa shape index (κ1) is 21.9. The molecule has 1 amide bonds. The third-order valence-corrected chi connectivity index (χ3v) is 4.69. The molecule has 0 fully saturated rings. The zero-order valence-corrected chi connectivity index (χ0v) is 18.3. The van der Waals surface area contributed by atoms with E-state index in [1.165, 1.54) is 0 Å². The van der Waals surface area contributed by atoms with Crippen LogP contribution in [0.2, 0.25) is 0 Å². The van der Waals surface area contributed by atoms with Gasteiger partial charge in [-0.15, -0.1) is 0 Å². The maximum atomic E-state index is 12.2. The molecule has 8 nitrogen and oxygen atoms in total. The lowest BCUT2D eigenvalue weighted by Crippen LogP contribution is -2.20. The van der Waals surface area contributed by atoms with Gasteiger partial charge in [-0.3, -0.25) is 4.79 Å². The van der Waals surface area contributed by atoms with Gasteiger partial charge in [0.25, 0.3) is 11.8 Å². The van der Waals surface area contributed by atoms with Crippen LogP contribution < -0.4 is 19.5 Å². The summed E-state index contributed by atoms with van der Waals surface area (Å²) in [7, 11) is 1.61. The van der Waals surface area contributed by atoms with Crippen LogP contribution in [-0.4, -0.2) is 36.4 Å². The lowest BCUT2D eigenvalue weighted by Gasteiger charge is -2.09. The number of anilines is 1. The number of aromatic nitrogens is 2. The van der Waals surface area contributed by atoms with Crippen LogP contribution in [0.15, 0.2) is 77.3 Å². The number of benzene rings is 3. The number of hydrogen-bond donors (Lipinski definition) is 1. The minimum absolute atomic E-state index is 0.116. The number of carbonyl (C=O) groups excluding carboxylic acids is 1. The van der Waals surface area contributed by atoms with E-state index < -0.39 is 0 Å². The van der Waals surface area contributed by atoms with Gasteiger partial charge in [-0.2, -0.15) is 4.98 Å². The number of ether oxygens (including phenoxy) is 3. The molecule has 0 spiro atoms. The molecule has 4 aromatic rings. The Kier molecular flexibility index (Phi) is 6.84. The highest BCUT2D eigenvalue weighted by molar-refractivity contribution is 5.91. The maximum absolute atomic E-state index is 12.2. The number of nitrogens with zero attached hydrogens (tertiary/aromatic N) is 2. The molecular formula is C25H23N3O5. The lowest BCUT2D eigenvalue weighted by atomic mass is 10.2. The van der Waals surface area contributed by atoms with Crippen molar-refractivity contribution in [2.45, 2.75) is 6.92 Å². The number of amides is 1. The molecule has 0 radical (unpaired) electrons. The lowest BCUT2D eigenvalue weighted by molar-refractivity contribution is -0.118. The molecule has 0 saturated heterocycles.